The summed E-state index contributed by atoms with van der Waals surface area (Å²) in [6.07, 6.45) is 8.83. The van der Waals surface area contributed by atoms with Crippen LogP contribution in [-0.4, -0.2) is 65.1 Å². The number of piperidine rings is 1. The lowest BCUT2D eigenvalue weighted by molar-refractivity contribution is -0.385. The number of non-ortho nitro benzene ring substituents is 1. The molecule has 0 saturated carbocycles. The van der Waals surface area contributed by atoms with Gasteiger partial charge in [0.15, 0.2) is 0 Å². The fourth-order valence-electron chi connectivity index (χ4n) is 4.14. The molecule has 1 N–H and O–H groups in total. The second kappa shape index (κ2) is 9.33. The van der Waals surface area contributed by atoms with Crippen LogP contribution < -0.4 is 5.32 Å². The molecule has 1 aromatic carbocycles. The highest BCUT2D eigenvalue weighted by molar-refractivity contribution is 7.89. The summed E-state index contributed by atoms with van der Waals surface area (Å²) in [5.74, 6) is 0. The van der Waals surface area contributed by atoms with E-state index < -0.39 is 14.9 Å². The van der Waals surface area contributed by atoms with Crippen LogP contribution in [0.15, 0.2) is 35.5 Å². The molecule has 2 aliphatic heterocycles. The summed E-state index contributed by atoms with van der Waals surface area (Å²) < 4.78 is 29.5. The Morgan fingerprint density at radius 2 is 1.74 bits per heavy atom. The smallest absolute Gasteiger partial charge is 0.270 e. The van der Waals surface area contributed by atoms with Gasteiger partial charge in [0, 0.05) is 38.0 Å². The van der Waals surface area contributed by atoms with Crippen molar-refractivity contribution in [1.29, 1.82) is 0 Å². The largest absolute Gasteiger partial charge is 0.352 e. The van der Waals surface area contributed by atoms with Crippen LogP contribution in [0.3, 0.4) is 0 Å². The van der Waals surface area contributed by atoms with Gasteiger partial charge in [-0.3, -0.25) is 14.8 Å². The fourth-order valence-corrected chi connectivity index (χ4v) is 5.83. The van der Waals surface area contributed by atoms with Crippen molar-refractivity contribution in [2.75, 3.05) is 38.0 Å². The Morgan fingerprint density at radius 3 is 2.45 bits per heavy atom. The summed E-state index contributed by atoms with van der Waals surface area (Å²) in [6.45, 7) is 4.77. The van der Waals surface area contributed by atoms with E-state index in [1.165, 1.54) is 35.7 Å². The Bertz CT molecular complexity index is 1030. The predicted molar refractivity (Wildman–Crippen MR) is 117 cm³/mol. The molecule has 0 unspecified atom stereocenters. The minimum absolute atomic E-state index is 0.0790. The second-order valence-corrected chi connectivity index (χ2v) is 9.97. The summed E-state index contributed by atoms with van der Waals surface area (Å²) in [7, 11) is -3.83. The van der Waals surface area contributed by atoms with Crippen molar-refractivity contribution >= 4 is 27.1 Å². The molecule has 0 atom stereocenters. The number of hydrogen-bond acceptors (Lipinski definition) is 7. The van der Waals surface area contributed by atoms with Gasteiger partial charge in [0.25, 0.3) is 5.69 Å². The van der Waals surface area contributed by atoms with Crippen LogP contribution in [0.25, 0.3) is 0 Å². The van der Waals surface area contributed by atoms with Crippen LogP contribution in [0, 0.1) is 10.1 Å². The van der Waals surface area contributed by atoms with E-state index >= 15 is 0 Å². The molecule has 1 aromatic heterocycles. The van der Waals surface area contributed by atoms with Gasteiger partial charge in [-0.15, -0.1) is 0 Å². The number of rotatable bonds is 8. The van der Waals surface area contributed by atoms with Crippen molar-refractivity contribution in [2.45, 2.75) is 43.5 Å². The molecule has 3 heterocycles. The normalized spacial score (nSPS) is 18.3. The Morgan fingerprint density at radius 1 is 1.03 bits per heavy atom. The number of hydrogen-bond donors (Lipinski definition) is 1. The van der Waals surface area contributed by atoms with Crippen molar-refractivity contribution in [3.8, 4) is 0 Å². The first-order valence-corrected chi connectivity index (χ1v) is 12.2. The third-order valence-electron chi connectivity index (χ3n) is 5.87. The fraction of sp³-hybridized carbons (Fsp3) is 0.550. The van der Waals surface area contributed by atoms with Crippen molar-refractivity contribution in [3.63, 3.8) is 0 Å². The number of anilines is 2. The van der Waals surface area contributed by atoms with Crippen LogP contribution in [0.2, 0.25) is 0 Å². The maximum Gasteiger partial charge on any atom is 0.270 e. The van der Waals surface area contributed by atoms with Crippen molar-refractivity contribution in [2.24, 2.45) is 0 Å². The predicted octanol–water partition coefficient (Wildman–Crippen LogP) is 2.81. The monoisotopic (exact) mass is 448 g/mol. The molecule has 0 radical (unpaired) electrons. The molecule has 2 aromatic rings. The molecule has 0 bridgehead atoms. The van der Waals surface area contributed by atoms with E-state index in [1.807, 2.05) is 10.9 Å². The van der Waals surface area contributed by atoms with Crippen LogP contribution in [0.5, 0.6) is 0 Å². The number of nitro benzene ring substituents is 1. The zero-order chi connectivity index (χ0) is 21.8. The standard InChI is InChI=1S/C20H28N6O4S/c27-26(28)18-6-7-19(20(14-18)31(29,30)25-10-4-5-11-25)22-17-15-21-24(16-17)13-12-23-8-2-1-3-9-23/h6-7,14-16,22H,1-5,8-13H2. The Kier molecular flexibility index (Phi) is 6.54. The maximum atomic E-state index is 13.1. The van der Waals surface area contributed by atoms with Gasteiger partial charge in [-0.25, -0.2) is 8.42 Å². The number of sulfonamides is 1. The molecule has 0 spiro atoms. The number of nitrogens with one attached hydrogen (secondary N) is 1. The highest BCUT2D eigenvalue weighted by atomic mass is 32.2. The minimum atomic E-state index is -3.83. The van der Waals surface area contributed by atoms with Crippen LogP contribution in [-0.2, 0) is 16.6 Å². The quantitative estimate of drug-likeness (QED) is 0.488. The molecule has 2 saturated heterocycles. The number of benzene rings is 1. The zero-order valence-corrected chi connectivity index (χ0v) is 18.3. The number of likely N-dealkylation sites (tertiary alicyclic amines) is 1. The van der Waals surface area contributed by atoms with E-state index in [9.17, 15) is 18.5 Å². The summed E-state index contributed by atoms with van der Waals surface area (Å²) in [5.41, 5.74) is 0.707. The molecule has 10 nitrogen and oxygen atoms in total. The lowest BCUT2D eigenvalue weighted by Crippen LogP contribution is -2.32. The molecule has 2 aliphatic rings. The molecule has 168 valence electrons. The average Bonchev–Trinajstić information content (AvgIpc) is 3.46. The average molecular weight is 449 g/mol. The third-order valence-corrected chi connectivity index (χ3v) is 7.80. The van der Waals surface area contributed by atoms with Crippen molar-refractivity contribution < 1.29 is 13.3 Å². The molecule has 4 rings (SSSR count). The molecule has 2 fully saturated rings. The number of nitro groups is 1. The molecular formula is C20H28N6O4S. The highest BCUT2D eigenvalue weighted by Gasteiger charge is 2.31. The minimum Gasteiger partial charge on any atom is -0.352 e. The first kappa shape index (κ1) is 21.7. The number of aromatic nitrogens is 2. The van der Waals surface area contributed by atoms with Crippen molar-refractivity contribution in [3.05, 3.63) is 40.7 Å². The summed E-state index contributed by atoms with van der Waals surface area (Å²) in [4.78, 5) is 13.0. The van der Waals surface area contributed by atoms with Crippen LogP contribution in [0.4, 0.5) is 17.1 Å². The van der Waals surface area contributed by atoms with E-state index in [1.54, 1.807) is 6.20 Å². The zero-order valence-electron chi connectivity index (χ0n) is 17.4. The third kappa shape index (κ3) is 5.05. The Labute approximate surface area is 182 Å². The van der Waals surface area contributed by atoms with Gasteiger partial charge in [0.1, 0.15) is 4.90 Å². The molecule has 11 heteroatoms. The van der Waals surface area contributed by atoms with Gasteiger partial charge in [-0.1, -0.05) is 6.42 Å². The Hall–Kier alpha value is -2.50. The topological polar surface area (TPSA) is 114 Å². The van der Waals surface area contributed by atoms with Gasteiger partial charge < -0.3 is 10.2 Å². The summed E-state index contributed by atoms with van der Waals surface area (Å²) >= 11 is 0. The number of nitrogens with zero attached hydrogens (tertiary/aromatic N) is 5. The van der Waals surface area contributed by atoms with Crippen LogP contribution in [0.1, 0.15) is 32.1 Å². The first-order chi connectivity index (χ1) is 14.9. The molecule has 0 amide bonds. The lowest BCUT2D eigenvalue weighted by Gasteiger charge is -2.26. The van der Waals surface area contributed by atoms with Crippen molar-refractivity contribution in [1.82, 2.24) is 19.0 Å². The molecule has 0 aliphatic carbocycles. The van der Waals surface area contributed by atoms with E-state index in [0.29, 0.717) is 24.5 Å². The molecular weight excluding hydrogens is 420 g/mol. The Balaban J connectivity index is 1.52. The van der Waals surface area contributed by atoms with Gasteiger partial charge in [0.05, 0.1) is 29.0 Å². The first-order valence-electron chi connectivity index (χ1n) is 10.7. The van der Waals surface area contributed by atoms with Gasteiger partial charge >= 0.3 is 0 Å². The second-order valence-electron chi connectivity index (χ2n) is 8.07. The maximum absolute atomic E-state index is 13.1. The van der Waals surface area contributed by atoms with E-state index in [2.05, 4.69) is 15.3 Å². The highest BCUT2D eigenvalue weighted by Crippen LogP contribution is 2.32. The summed E-state index contributed by atoms with van der Waals surface area (Å²) in [6, 6.07) is 3.90. The van der Waals surface area contributed by atoms with E-state index in [4.69, 9.17) is 0 Å². The molecule has 31 heavy (non-hydrogen) atoms. The van der Waals surface area contributed by atoms with E-state index in [0.717, 1.165) is 45.1 Å². The van der Waals surface area contributed by atoms with Crippen LogP contribution >= 0.6 is 0 Å². The van der Waals surface area contributed by atoms with E-state index in [-0.39, 0.29) is 10.6 Å². The van der Waals surface area contributed by atoms with Gasteiger partial charge in [-0.2, -0.15) is 9.40 Å². The van der Waals surface area contributed by atoms with Gasteiger partial charge in [-0.05, 0) is 44.8 Å². The summed E-state index contributed by atoms with van der Waals surface area (Å²) in [5, 5.41) is 18.7. The lowest BCUT2D eigenvalue weighted by atomic mass is 10.1. The van der Waals surface area contributed by atoms with Gasteiger partial charge in [0.2, 0.25) is 10.0 Å². The SMILES string of the molecule is O=[N+]([O-])c1ccc(Nc2cnn(CCN3CCCCC3)c2)c(S(=O)(=O)N2CCCC2)c1.